The van der Waals surface area contributed by atoms with Gasteiger partial charge in [-0.15, -0.1) is 0 Å². The van der Waals surface area contributed by atoms with Crippen LogP contribution in [0.25, 0.3) is 0 Å². The van der Waals surface area contributed by atoms with E-state index in [-0.39, 0.29) is 11.8 Å². The Balaban J connectivity index is 1.68. The van der Waals surface area contributed by atoms with Gasteiger partial charge in [-0.25, -0.2) is 4.99 Å². The molecule has 0 spiro atoms. The van der Waals surface area contributed by atoms with Gasteiger partial charge in [-0.3, -0.25) is 0 Å². The quantitative estimate of drug-likeness (QED) is 0.389. The van der Waals surface area contributed by atoms with Crippen LogP contribution in [-0.4, -0.2) is 11.4 Å². The Labute approximate surface area is 199 Å². The summed E-state index contributed by atoms with van der Waals surface area (Å²) in [6.45, 7) is 4.13. The minimum atomic E-state index is -0.181. The maximum absolute atomic E-state index is 8.88. The van der Waals surface area contributed by atoms with Crippen molar-refractivity contribution in [3.8, 4) is 0 Å². The zero-order chi connectivity index (χ0) is 22.9. The molecule has 0 radical (unpaired) electrons. The summed E-state index contributed by atoms with van der Waals surface area (Å²) in [5.41, 5.74) is 7.26. The summed E-state index contributed by atoms with van der Waals surface area (Å²) in [5, 5.41) is 13.1. The molecule has 2 N–H and O–H groups in total. The van der Waals surface area contributed by atoms with Crippen molar-refractivity contribution < 1.29 is 0 Å². The largest absolute Gasteiger partial charge is 0.358 e. The number of fused-ring (bicyclic) bond motifs is 2. The fraction of sp³-hybridized carbons (Fsp3) is 0.143. The Hall–Kier alpha value is -3.63. The summed E-state index contributed by atoms with van der Waals surface area (Å²) < 4.78 is 0. The average Bonchev–Trinajstić information content (AvgIpc) is 2.83. The molecule has 33 heavy (non-hydrogen) atoms. The number of allylic oxidation sites excluding steroid dienone is 2. The van der Waals surface area contributed by atoms with Crippen LogP contribution in [0.5, 0.6) is 0 Å². The van der Waals surface area contributed by atoms with E-state index >= 15 is 0 Å². The lowest BCUT2D eigenvalue weighted by molar-refractivity contribution is 0.805. The van der Waals surface area contributed by atoms with Gasteiger partial charge in [0.1, 0.15) is 0 Å². The highest BCUT2D eigenvalue weighted by molar-refractivity contribution is 6.31. The monoisotopic (exact) mass is 452 g/mol. The first kappa shape index (κ1) is 21.2. The standard InChI is InChI=1S/C28H25ClN4/c1-18(2)28(30)22-16-27-25(17-23(22)31-20-9-5-3-6-10-20)32-24-15-19(29)13-14-26(24)33(27)21-11-7-4-8-12-21/h3-18,22,30-31H,1-2H3. The van der Waals surface area contributed by atoms with Gasteiger partial charge in [-0.05, 0) is 60.5 Å². The molecule has 5 heteroatoms. The van der Waals surface area contributed by atoms with Crippen molar-refractivity contribution in [1.82, 2.24) is 0 Å². The van der Waals surface area contributed by atoms with Gasteiger partial charge in [-0.1, -0.05) is 61.8 Å². The van der Waals surface area contributed by atoms with Crippen LogP contribution in [-0.2, 0) is 0 Å². The number of aliphatic imine (C=N–C) groups is 1. The number of hydrogen-bond acceptors (Lipinski definition) is 4. The number of benzene rings is 3. The van der Waals surface area contributed by atoms with E-state index in [0.29, 0.717) is 10.7 Å². The molecule has 1 unspecified atom stereocenters. The molecule has 2 aliphatic rings. The van der Waals surface area contributed by atoms with E-state index in [1.165, 1.54) is 0 Å². The molecule has 4 nitrogen and oxygen atoms in total. The Morgan fingerprint density at radius 1 is 1.00 bits per heavy atom. The number of halogens is 1. The molecule has 0 aromatic heterocycles. The summed E-state index contributed by atoms with van der Waals surface area (Å²) in [5.74, 6) is -0.0645. The van der Waals surface area contributed by atoms with Gasteiger partial charge in [0.05, 0.1) is 28.7 Å². The smallest absolute Gasteiger partial charge is 0.0893 e. The lowest BCUT2D eigenvalue weighted by Crippen LogP contribution is -2.33. The second-order valence-electron chi connectivity index (χ2n) is 8.53. The molecular formula is C28H25ClN4. The summed E-state index contributed by atoms with van der Waals surface area (Å²) >= 11 is 6.32. The van der Waals surface area contributed by atoms with Gasteiger partial charge in [0, 0.05) is 27.8 Å². The van der Waals surface area contributed by atoms with Gasteiger partial charge >= 0.3 is 0 Å². The fourth-order valence-corrected chi connectivity index (χ4v) is 4.40. The van der Waals surface area contributed by atoms with E-state index < -0.39 is 0 Å². The predicted octanol–water partition coefficient (Wildman–Crippen LogP) is 7.75. The van der Waals surface area contributed by atoms with Crippen LogP contribution in [0.4, 0.5) is 22.7 Å². The summed E-state index contributed by atoms with van der Waals surface area (Å²) in [6.07, 6.45) is 4.24. The normalized spacial score (nSPS) is 16.9. The third-order valence-corrected chi connectivity index (χ3v) is 6.14. The Morgan fingerprint density at radius 2 is 1.70 bits per heavy atom. The van der Waals surface area contributed by atoms with Gasteiger partial charge in [0.25, 0.3) is 0 Å². The predicted molar refractivity (Wildman–Crippen MR) is 139 cm³/mol. The molecule has 164 valence electrons. The summed E-state index contributed by atoms with van der Waals surface area (Å²) in [4.78, 5) is 7.18. The third kappa shape index (κ3) is 4.10. The zero-order valence-electron chi connectivity index (χ0n) is 18.6. The van der Waals surface area contributed by atoms with Crippen LogP contribution in [0.15, 0.2) is 107 Å². The highest BCUT2D eigenvalue weighted by Crippen LogP contribution is 2.44. The average molecular weight is 453 g/mol. The number of rotatable bonds is 5. The number of anilines is 3. The lowest BCUT2D eigenvalue weighted by Gasteiger charge is -2.36. The summed E-state index contributed by atoms with van der Waals surface area (Å²) in [6, 6.07) is 26.1. The molecule has 0 bridgehead atoms. The highest BCUT2D eigenvalue weighted by atomic mass is 35.5. The van der Waals surface area contributed by atoms with Gasteiger partial charge in [-0.2, -0.15) is 0 Å². The van der Waals surface area contributed by atoms with Crippen molar-refractivity contribution in [2.45, 2.75) is 13.8 Å². The van der Waals surface area contributed by atoms with E-state index in [4.69, 9.17) is 22.0 Å². The Morgan fingerprint density at radius 3 is 2.39 bits per heavy atom. The van der Waals surface area contributed by atoms with Crippen molar-refractivity contribution in [1.29, 1.82) is 5.41 Å². The first-order chi connectivity index (χ1) is 16.0. The second-order valence-corrected chi connectivity index (χ2v) is 8.97. The van der Waals surface area contributed by atoms with Crippen LogP contribution in [0.2, 0.25) is 5.02 Å². The van der Waals surface area contributed by atoms with E-state index in [9.17, 15) is 0 Å². The number of hydrogen-bond donors (Lipinski definition) is 2. The molecule has 3 aromatic rings. The molecule has 1 aliphatic heterocycles. The third-order valence-electron chi connectivity index (χ3n) is 5.91. The van der Waals surface area contributed by atoms with E-state index in [0.717, 1.165) is 39.9 Å². The molecule has 1 atom stereocenters. The van der Waals surface area contributed by atoms with E-state index in [2.05, 4.69) is 48.3 Å². The SMILES string of the molecule is CC(C)C(=N)C1C=C2C(=Nc3cc(Cl)ccc3N2c2ccccc2)C=C1Nc1ccccc1. The molecule has 1 heterocycles. The minimum absolute atomic E-state index is 0.117. The first-order valence-corrected chi connectivity index (χ1v) is 11.5. The Bertz CT molecular complexity index is 1290. The van der Waals surface area contributed by atoms with E-state index in [1.54, 1.807) is 0 Å². The molecule has 0 amide bonds. The Kier molecular flexibility index (Phi) is 5.61. The van der Waals surface area contributed by atoms with E-state index in [1.807, 2.05) is 66.7 Å². The molecule has 0 fully saturated rings. The van der Waals surface area contributed by atoms with Gasteiger partial charge < -0.3 is 15.6 Å². The zero-order valence-corrected chi connectivity index (χ0v) is 19.3. The van der Waals surface area contributed by atoms with Crippen molar-refractivity contribution in [2.75, 3.05) is 10.2 Å². The van der Waals surface area contributed by atoms with Crippen LogP contribution in [0.1, 0.15) is 13.8 Å². The van der Waals surface area contributed by atoms with Crippen LogP contribution in [0, 0.1) is 17.2 Å². The summed E-state index contributed by atoms with van der Waals surface area (Å²) in [7, 11) is 0. The van der Waals surface area contributed by atoms with Crippen molar-refractivity contribution in [3.63, 3.8) is 0 Å². The molecule has 5 rings (SSSR count). The lowest BCUT2D eigenvalue weighted by atomic mass is 9.85. The van der Waals surface area contributed by atoms with Gasteiger partial charge in [0.2, 0.25) is 0 Å². The van der Waals surface area contributed by atoms with Crippen molar-refractivity contribution in [3.05, 3.63) is 107 Å². The molecular weight excluding hydrogens is 428 g/mol. The van der Waals surface area contributed by atoms with Crippen molar-refractivity contribution in [2.24, 2.45) is 16.8 Å². The van der Waals surface area contributed by atoms with Crippen LogP contribution < -0.4 is 10.2 Å². The first-order valence-electron chi connectivity index (χ1n) is 11.1. The van der Waals surface area contributed by atoms with Crippen LogP contribution >= 0.6 is 11.6 Å². The molecule has 0 saturated heterocycles. The number of nitrogens with one attached hydrogen (secondary N) is 2. The topological polar surface area (TPSA) is 51.5 Å². The molecule has 3 aromatic carbocycles. The second kappa shape index (κ2) is 8.72. The fourth-order valence-electron chi connectivity index (χ4n) is 4.23. The van der Waals surface area contributed by atoms with Crippen molar-refractivity contribution >= 4 is 45.8 Å². The number of para-hydroxylation sites is 2. The molecule has 0 saturated carbocycles. The minimum Gasteiger partial charge on any atom is -0.358 e. The maximum atomic E-state index is 8.88. The van der Waals surface area contributed by atoms with Gasteiger partial charge in [0.15, 0.2) is 0 Å². The molecule has 1 aliphatic carbocycles. The van der Waals surface area contributed by atoms with Crippen LogP contribution in [0.3, 0.4) is 0 Å². The maximum Gasteiger partial charge on any atom is 0.0893 e. The highest BCUT2D eigenvalue weighted by Gasteiger charge is 2.33. The number of nitrogens with zero attached hydrogens (tertiary/aromatic N) is 2.